The molecule has 5 aromatic rings. The molecule has 3 aromatic carbocycles. The molecule has 186 valence electrons. The van der Waals surface area contributed by atoms with Crippen molar-refractivity contribution in [3.63, 3.8) is 0 Å². The van der Waals surface area contributed by atoms with Crippen LogP contribution in [-0.2, 0) is 0 Å². The van der Waals surface area contributed by atoms with E-state index in [2.05, 4.69) is 18.9 Å². The van der Waals surface area contributed by atoms with E-state index in [1.807, 2.05) is 31.2 Å². The van der Waals surface area contributed by atoms with E-state index in [-0.39, 0.29) is 17.3 Å². The van der Waals surface area contributed by atoms with Gasteiger partial charge in [0.05, 0.1) is 24.2 Å². The molecular weight excluding hydrogens is 469 g/mol. The van der Waals surface area contributed by atoms with Gasteiger partial charge in [0.2, 0.25) is 0 Å². The average Bonchev–Trinajstić information content (AvgIpc) is 3.37. The molecule has 2 aromatic heterocycles. The van der Waals surface area contributed by atoms with Gasteiger partial charge in [-0.1, -0.05) is 38.1 Å². The van der Waals surface area contributed by atoms with Gasteiger partial charge in [0.1, 0.15) is 23.1 Å². The first-order chi connectivity index (χ1) is 17.9. The monoisotopic (exact) mass is 495 g/mol. The standard InChI is InChI=1S/C30H26FN3O3/c1-18(2)24-16-25(19(3)14-28(24)36-4)29-33-26-11-6-5-10-23(26)30(35)34(29)32-17-22-12-13-27(37-22)20-8-7-9-21(31)15-20/h5-18H,1-4H3. The van der Waals surface area contributed by atoms with Gasteiger partial charge in [0.15, 0.2) is 5.82 Å². The molecule has 0 radical (unpaired) electrons. The molecular formula is C30H26FN3O3. The maximum Gasteiger partial charge on any atom is 0.282 e. The number of rotatable bonds is 6. The Hall–Kier alpha value is -4.52. The fraction of sp³-hybridized carbons (Fsp3) is 0.167. The maximum absolute atomic E-state index is 13.6. The molecule has 0 amide bonds. The molecule has 0 fully saturated rings. The van der Waals surface area contributed by atoms with E-state index in [1.54, 1.807) is 43.5 Å². The molecule has 0 unspecified atom stereocenters. The second-order valence-electron chi connectivity index (χ2n) is 9.09. The third-order valence-corrected chi connectivity index (χ3v) is 6.23. The Balaban J connectivity index is 1.66. The molecule has 6 nitrogen and oxygen atoms in total. The summed E-state index contributed by atoms with van der Waals surface area (Å²) in [6.45, 7) is 6.13. The highest BCUT2D eigenvalue weighted by Gasteiger charge is 2.18. The number of methoxy groups -OCH3 is 1. The average molecular weight is 496 g/mol. The molecule has 0 saturated carbocycles. The highest BCUT2D eigenvalue weighted by Crippen LogP contribution is 2.34. The van der Waals surface area contributed by atoms with Gasteiger partial charge in [-0.05, 0) is 72.5 Å². The minimum atomic E-state index is -0.349. The fourth-order valence-electron chi connectivity index (χ4n) is 4.31. The van der Waals surface area contributed by atoms with Crippen molar-refractivity contribution in [3.8, 4) is 28.5 Å². The number of fused-ring (bicyclic) bond motifs is 1. The highest BCUT2D eigenvalue weighted by molar-refractivity contribution is 5.82. The number of ether oxygens (including phenoxy) is 1. The quantitative estimate of drug-likeness (QED) is 0.243. The Kier molecular flexibility index (Phi) is 6.44. The second kappa shape index (κ2) is 9.85. The number of hydrogen-bond acceptors (Lipinski definition) is 5. The Morgan fingerprint density at radius 1 is 1.05 bits per heavy atom. The predicted octanol–water partition coefficient (Wildman–Crippen LogP) is 6.79. The summed E-state index contributed by atoms with van der Waals surface area (Å²) in [6.07, 6.45) is 1.46. The first-order valence-corrected chi connectivity index (χ1v) is 12.0. The zero-order chi connectivity index (χ0) is 26.1. The predicted molar refractivity (Wildman–Crippen MR) is 144 cm³/mol. The summed E-state index contributed by atoms with van der Waals surface area (Å²) >= 11 is 0. The van der Waals surface area contributed by atoms with Crippen LogP contribution in [0.4, 0.5) is 4.39 Å². The van der Waals surface area contributed by atoms with Gasteiger partial charge < -0.3 is 9.15 Å². The van der Waals surface area contributed by atoms with Gasteiger partial charge >= 0.3 is 0 Å². The molecule has 0 aliphatic rings. The van der Waals surface area contributed by atoms with Crippen LogP contribution in [0.3, 0.4) is 0 Å². The van der Waals surface area contributed by atoms with Crippen molar-refractivity contribution >= 4 is 17.1 Å². The Bertz CT molecular complexity index is 1700. The molecule has 37 heavy (non-hydrogen) atoms. The summed E-state index contributed by atoms with van der Waals surface area (Å²) < 4.78 is 26.4. The molecule has 0 aliphatic heterocycles. The van der Waals surface area contributed by atoms with E-state index in [4.69, 9.17) is 14.1 Å². The van der Waals surface area contributed by atoms with Crippen LogP contribution in [0.1, 0.15) is 36.7 Å². The first-order valence-electron chi connectivity index (χ1n) is 12.0. The van der Waals surface area contributed by atoms with Crippen LogP contribution in [0.2, 0.25) is 0 Å². The van der Waals surface area contributed by atoms with Crippen LogP contribution in [0.25, 0.3) is 33.6 Å². The van der Waals surface area contributed by atoms with Crippen molar-refractivity contribution in [2.75, 3.05) is 7.11 Å². The van der Waals surface area contributed by atoms with Crippen molar-refractivity contribution in [1.82, 2.24) is 9.66 Å². The van der Waals surface area contributed by atoms with Crippen LogP contribution in [0.5, 0.6) is 5.75 Å². The van der Waals surface area contributed by atoms with E-state index >= 15 is 0 Å². The van der Waals surface area contributed by atoms with E-state index < -0.39 is 0 Å². The summed E-state index contributed by atoms with van der Waals surface area (Å²) in [7, 11) is 1.65. The largest absolute Gasteiger partial charge is 0.496 e. The maximum atomic E-state index is 13.6. The molecule has 0 N–H and O–H groups in total. The summed E-state index contributed by atoms with van der Waals surface area (Å²) in [5, 5.41) is 4.96. The minimum absolute atomic E-state index is 0.197. The van der Waals surface area contributed by atoms with E-state index in [1.165, 1.54) is 23.0 Å². The van der Waals surface area contributed by atoms with E-state index in [9.17, 15) is 9.18 Å². The second-order valence-corrected chi connectivity index (χ2v) is 9.09. The third kappa shape index (κ3) is 4.68. The first kappa shape index (κ1) is 24.2. The number of para-hydroxylation sites is 1. The summed E-state index contributed by atoms with van der Waals surface area (Å²) in [5.41, 5.74) is 3.59. The van der Waals surface area contributed by atoms with Crippen LogP contribution in [0, 0.1) is 12.7 Å². The van der Waals surface area contributed by atoms with Crippen LogP contribution >= 0.6 is 0 Å². The molecule has 0 spiro atoms. The van der Waals surface area contributed by atoms with Crippen LogP contribution in [-0.4, -0.2) is 23.0 Å². The fourth-order valence-corrected chi connectivity index (χ4v) is 4.31. The molecule has 0 atom stereocenters. The SMILES string of the molecule is COc1cc(C)c(-c2nc3ccccc3c(=O)n2N=Cc2ccc(-c3cccc(F)c3)o2)cc1C(C)C. The van der Waals surface area contributed by atoms with Gasteiger partial charge in [-0.3, -0.25) is 4.79 Å². The number of halogens is 1. The van der Waals surface area contributed by atoms with Crippen molar-refractivity contribution in [1.29, 1.82) is 0 Å². The van der Waals surface area contributed by atoms with Gasteiger partial charge in [-0.2, -0.15) is 9.78 Å². The van der Waals surface area contributed by atoms with Crippen molar-refractivity contribution < 1.29 is 13.5 Å². The smallest absolute Gasteiger partial charge is 0.282 e. The third-order valence-electron chi connectivity index (χ3n) is 6.23. The molecule has 0 aliphatic carbocycles. The minimum Gasteiger partial charge on any atom is -0.496 e. The van der Waals surface area contributed by atoms with E-state index in [0.29, 0.717) is 33.8 Å². The summed E-state index contributed by atoms with van der Waals surface area (Å²) in [5.74, 6) is 1.96. The number of aryl methyl sites for hydroxylation is 1. The Morgan fingerprint density at radius 3 is 2.62 bits per heavy atom. The number of benzene rings is 3. The normalized spacial score (nSPS) is 11.6. The lowest BCUT2D eigenvalue weighted by Gasteiger charge is -2.17. The lowest BCUT2D eigenvalue weighted by Crippen LogP contribution is -2.20. The van der Waals surface area contributed by atoms with Crippen molar-refractivity contribution in [3.05, 3.63) is 106 Å². The molecule has 7 heteroatoms. The summed E-state index contributed by atoms with van der Waals surface area (Å²) in [4.78, 5) is 18.4. The number of hydrogen-bond donors (Lipinski definition) is 0. The number of furan rings is 1. The number of nitrogens with zero attached hydrogens (tertiary/aromatic N) is 3. The Morgan fingerprint density at radius 2 is 1.86 bits per heavy atom. The lowest BCUT2D eigenvalue weighted by atomic mass is 9.96. The van der Waals surface area contributed by atoms with Crippen LogP contribution < -0.4 is 10.3 Å². The van der Waals surface area contributed by atoms with Crippen molar-refractivity contribution in [2.24, 2.45) is 5.10 Å². The van der Waals surface area contributed by atoms with Crippen molar-refractivity contribution in [2.45, 2.75) is 26.7 Å². The molecule has 0 saturated heterocycles. The van der Waals surface area contributed by atoms with E-state index in [0.717, 1.165) is 22.4 Å². The summed E-state index contributed by atoms with van der Waals surface area (Å²) in [6, 6.07) is 20.8. The van der Waals surface area contributed by atoms with Crippen LogP contribution in [0.15, 0.2) is 87.1 Å². The zero-order valence-electron chi connectivity index (χ0n) is 21.0. The van der Waals surface area contributed by atoms with Gasteiger partial charge in [0, 0.05) is 11.1 Å². The van der Waals surface area contributed by atoms with Gasteiger partial charge in [0.25, 0.3) is 5.56 Å². The topological polar surface area (TPSA) is 69.6 Å². The molecule has 5 rings (SSSR count). The van der Waals surface area contributed by atoms with Gasteiger partial charge in [-0.25, -0.2) is 9.37 Å². The number of aromatic nitrogens is 2. The zero-order valence-corrected chi connectivity index (χ0v) is 21.0. The molecule has 0 bridgehead atoms. The van der Waals surface area contributed by atoms with Gasteiger partial charge in [-0.15, -0.1) is 0 Å². The lowest BCUT2D eigenvalue weighted by molar-refractivity contribution is 0.407. The Labute approximate surface area is 213 Å². The highest BCUT2D eigenvalue weighted by atomic mass is 19.1. The molecule has 2 heterocycles.